The molecule has 1 N–H and O–H groups in total. The van der Waals surface area contributed by atoms with Gasteiger partial charge in [-0.2, -0.15) is 0 Å². The van der Waals surface area contributed by atoms with Crippen LogP contribution in [0.2, 0.25) is 5.02 Å². The minimum atomic E-state index is -0.858. The van der Waals surface area contributed by atoms with E-state index in [4.69, 9.17) is 16.3 Å². The molecule has 0 spiro atoms. The van der Waals surface area contributed by atoms with E-state index in [1.807, 2.05) is 0 Å². The smallest absolute Gasteiger partial charge is 0.355 e. The first-order chi connectivity index (χ1) is 10.9. The summed E-state index contributed by atoms with van der Waals surface area (Å²) in [6.07, 6.45) is 0. The van der Waals surface area contributed by atoms with Gasteiger partial charge in [-0.05, 0) is 0 Å². The number of ether oxygens (including phenoxy) is 3. The number of carbonyl (C=O) groups is 2. The zero-order valence-electron chi connectivity index (χ0n) is 12.3. The molecule has 0 atom stereocenters. The van der Waals surface area contributed by atoms with E-state index < -0.39 is 23.5 Å². The van der Waals surface area contributed by atoms with Gasteiger partial charge in [-0.1, -0.05) is 11.6 Å². The number of anilines is 1. The lowest BCUT2D eigenvalue weighted by Crippen LogP contribution is -2.38. The Bertz CT molecular complexity index is 690. The fraction of sp³-hybridized carbons (Fsp3) is 0.286. The van der Waals surface area contributed by atoms with Crippen molar-refractivity contribution in [3.8, 4) is 5.75 Å². The Kier molecular flexibility index (Phi) is 5.07. The van der Waals surface area contributed by atoms with Crippen molar-refractivity contribution in [1.29, 1.82) is 0 Å². The first-order valence-electron chi connectivity index (χ1n) is 6.33. The Balaban J connectivity index is 2.62. The molecule has 0 saturated carbocycles. The molecule has 23 heavy (non-hydrogen) atoms. The van der Waals surface area contributed by atoms with Gasteiger partial charge in [0, 0.05) is 12.1 Å². The number of halogens is 2. The number of nitrogens with zero attached hydrogens (tertiary/aromatic N) is 1. The summed E-state index contributed by atoms with van der Waals surface area (Å²) in [5.41, 5.74) is -0.420. The number of hydrogen-bond donors (Lipinski definition) is 1. The lowest BCUT2D eigenvalue weighted by molar-refractivity contribution is -0.140. The molecule has 0 fully saturated rings. The van der Waals surface area contributed by atoms with Crippen molar-refractivity contribution in [1.82, 2.24) is 0 Å². The number of phenols is 1. The molecular formula is C14H13ClFNO6. The van der Waals surface area contributed by atoms with E-state index in [2.05, 4.69) is 9.47 Å². The van der Waals surface area contributed by atoms with Crippen molar-refractivity contribution in [2.45, 2.75) is 0 Å². The lowest BCUT2D eigenvalue weighted by atomic mass is 10.1. The Morgan fingerprint density at radius 2 is 1.96 bits per heavy atom. The fourth-order valence-electron chi connectivity index (χ4n) is 2.08. The largest absolute Gasteiger partial charge is 0.506 e. The molecule has 1 aromatic rings. The highest BCUT2D eigenvalue weighted by molar-refractivity contribution is 6.31. The minimum absolute atomic E-state index is 0.103. The molecule has 9 heteroatoms. The summed E-state index contributed by atoms with van der Waals surface area (Å²) in [4.78, 5) is 25.0. The molecule has 0 aliphatic carbocycles. The predicted octanol–water partition coefficient (Wildman–Crippen LogP) is 1.58. The Morgan fingerprint density at radius 1 is 1.30 bits per heavy atom. The van der Waals surface area contributed by atoms with Crippen molar-refractivity contribution in [3.05, 3.63) is 34.2 Å². The van der Waals surface area contributed by atoms with Crippen LogP contribution in [-0.4, -0.2) is 44.6 Å². The van der Waals surface area contributed by atoms with Gasteiger partial charge in [0.1, 0.15) is 24.0 Å². The normalized spacial score (nSPS) is 14.7. The van der Waals surface area contributed by atoms with E-state index in [9.17, 15) is 19.1 Å². The van der Waals surface area contributed by atoms with Gasteiger partial charge in [0.05, 0.1) is 37.1 Å². The maximum Gasteiger partial charge on any atom is 0.355 e. The summed E-state index contributed by atoms with van der Waals surface area (Å²) in [6.45, 7) is -0.399. The molecule has 124 valence electrons. The topological polar surface area (TPSA) is 85.3 Å². The van der Waals surface area contributed by atoms with E-state index in [0.29, 0.717) is 0 Å². The van der Waals surface area contributed by atoms with Crippen LogP contribution in [0, 0.1) is 5.82 Å². The van der Waals surface area contributed by atoms with Gasteiger partial charge in [0.25, 0.3) is 0 Å². The average Bonchev–Trinajstić information content (AvgIpc) is 2.56. The van der Waals surface area contributed by atoms with Crippen LogP contribution in [0.15, 0.2) is 23.4 Å². The van der Waals surface area contributed by atoms with Crippen LogP contribution in [0.25, 0.3) is 0 Å². The zero-order valence-corrected chi connectivity index (χ0v) is 13.0. The molecule has 7 nitrogen and oxygen atoms in total. The first-order valence-corrected chi connectivity index (χ1v) is 6.71. The highest BCUT2D eigenvalue weighted by Gasteiger charge is 2.33. The third kappa shape index (κ3) is 3.22. The van der Waals surface area contributed by atoms with Gasteiger partial charge in [-0.25, -0.2) is 14.0 Å². The van der Waals surface area contributed by atoms with Crippen molar-refractivity contribution >= 4 is 29.2 Å². The Morgan fingerprint density at radius 3 is 2.57 bits per heavy atom. The van der Waals surface area contributed by atoms with Crippen LogP contribution in [0.5, 0.6) is 5.75 Å². The number of benzene rings is 1. The van der Waals surface area contributed by atoms with E-state index in [1.165, 1.54) is 0 Å². The van der Waals surface area contributed by atoms with Crippen LogP contribution in [0.1, 0.15) is 0 Å². The SMILES string of the molecule is COC(=O)C1=C(C(=O)OC)N(c2cc(F)c(Cl)cc2O)COC1. The van der Waals surface area contributed by atoms with E-state index in [-0.39, 0.29) is 35.3 Å². The van der Waals surface area contributed by atoms with E-state index in [1.54, 1.807) is 0 Å². The zero-order chi connectivity index (χ0) is 17.1. The fourth-order valence-corrected chi connectivity index (χ4v) is 2.23. The van der Waals surface area contributed by atoms with Crippen molar-refractivity contribution < 1.29 is 33.3 Å². The van der Waals surface area contributed by atoms with Gasteiger partial charge in [0.2, 0.25) is 0 Å². The number of rotatable bonds is 3. The van der Waals surface area contributed by atoms with Crippen LogP contribution in [-0.2, 0) is 23.8 Å². The number of methoxy groups -OCH3 is 2. The van der Waals surface area contributed by atoms with Gasteiger partial charge in [-0.3, -0.25) is 0 Å². The molecule has 1 aliphatic rings. The lowest BCUT2D eigenvalue weighted by Gasteiger charge is -2.31. The summed E-state index contributed by atoms with van der Waals surface area (Å²) in [6, 6.07) is 1.90. The van der Waals surface area contributed by atoms with Crippen molar-refractivity contribution in [2.75, 3.05) is 32.5 Å². The van der Waals surface area contributed by atoms with Crippen LogP contribution < -0.4 is 4.90 Å². The van der Waals surface area contributed by atoms with Crippen LogP contribution >= 0.6 is 11.6 Å². The minimum Gasteiger partial charge on any atom is -0.506 e. The molecule has 0 amide bonds. The molecule has 1 aliphatic heterocycles. The second-order valence-electron chi connectivity index (χ2n) is 4.47. The Labute approximate surface area is 135 Å². The number of aromatic hydroxyl groups is 1. The summed E-state index contributed by atoms with van der Waals surface area (Å²) < 4.78 is 28.2. The van der Waals surface area contributed by atoms with Gasteiger partial charge < -0.3 is 24.2 Å². The van der Waals surface area contributed by atoms with Crippen molar-refractivity contribution in [2.24, 2.45) is 0 Å². The third-order valence-electron chi connectivity index (χ3n) is 3.14. The predicted molar refractivity (Wildman–Crippen MR) is 77.4 cm³/mol. The number of esters is 2. The van der Waals surface area contributed by atoms with Gasteiger partial charge >= 0.3 is 11.9 Å². The molecule has 1 heterocycles. The maximum absolute atomic E-state index is 13.7. The monoisotopic (exact) mass is 345 g/mol. The average molecular weight is 346 g/mol. The molecular weight excluding hydrogens is 333 g/mol. The molecule has 0 unspecified atom stereocenters. The summed E-state index contributed by atoms with van der Waals surface area (Å²) >= 11 is 5.59. The van der Waals surface area contributed by atoms with E-state index >= 15 is 0 Å². The molecule has 0 aromatic heterocycles. The Hall–Kier alpha value is -2.32. The summed E-state index contributed by atoms with van der Waals surface area (Å²) in [7, 11) is 2.27. The highest BCUT2D eigenvalue weighted by atomic mass is 35.5. The second kappa shape index (κ2) is 6.84. The number of carbonyl (C=O) groups excluding carboxylic acids is 2. The van der Waals surface area contributed by atoms with Crippen LogP contribution in [0.4, 0.5) is 10.1 Å². The van der Waals surface area contributed by atoms with Crippen molar-refractivity contribution in [3.63, 3.8) is 0 Å². The van der Waals surface area contributed by atoms with Gasteiger partial charge in [0.15, 0.2) is 0 Å². The molecule has 0 saturated heterocycles. The molecule has 0 bridgehead atoms. The standard InChI is InChI=1S/C14H13ClFNO6/c1-21-13(19)7-5-23-6-17(12(7)14(20)22-2)10-4-9(16)8(15)3-11(10)18/h3-4,18H,5-6H2,1-2H3. The maximum atomic E-state index is 13.7. The van der Waals surface area contributed by atoms with Gasteiger partial charge in [-0.15, -0.1) is 0 Å². The second-order valence-corrected chi connectivity index (χ2v) is 4.88. The quantitative estimate of drug-likeness (QED) is 0.832. The summed E-state index contributed by atoms with van der Waals surface area (Å²) in [5.74, 6) is -2.87. The molecule has 1 aromatic carbocycles. The molecule has 0 radical (unpaired) electrons. The highest BCUT2D eigenvalue weighted by Crippen LogP contribution is 2.36. The van der Waals surface area contributed by atoms with E-state index in [0.717, 1.165) is 31.3 Å². The third-order valence-corrected chi connectivity index (χ3v) is 3.43. The number of phenolic OH excluding ortho intramolecular Hbond substituents is 1. The van der Waals surface area contributed by atoms with Crippen LogP contribution in [0.3, 0.4) is 0 Å². The summed E-state index contributed by atoms with van der Waals surface area (Å²) in [5, 5.41) is 9.69. The molecule has 2 rings (SSSR count). The number of hydrogen-bond acceptors (Lipinski definition) is 7. The first kappa shape index (κ1) is 17.0.